The lowest BCUT2D eigenvalue weighted by Crippen LogP contribution is -2.57. The Hall–Kier alpha value is -1.75. The minimum Gasteiger partial charge on any atom is -0.481 e. The number of carbonyl (C=O) groups is 3. The molecule has 1 aliphatic carbocycles. The first-order valence-corrected chi connectivity index (χ1v) is 14.1. The van der Waals surface area contributed by atoms with Gasteiger partial charge in [0.2, 0.25) is 0 Å². The fourth-order valence-corrected chi connectivity index (χ4v) is 7.46. The van der Waals surface area contributed by atoms with Gasteiger partial charge in [0.15, 0.2) is 5.17 Å². The number of aliphatic carboxylic acids is 1. The Morgan fingerprint density at radius 3 is 2.38 bits per heavy atom. The van der Waals surface area contributed by atoms with Crippen LogP contribution >= 0.6 is 20.3 Å². The molecular weight excluding hydrogens is 450 g/mol. The third-order valence-corrected chi connectivity index (χ3v) is 9.73. The van der Waals surface area contributed by atoms with Crippen molar-refractivity contribution in [1.29, 1.82) is 0 Å². The third-order valence-electron chi connectivity index (χ3n) is 6.33. The third kappa shape index (κ3) is 6.63. The monoisotopic (exact) mass is 485 g/mol. The highest BCUT2D eigenvalue weighted by atomic mass is 33.1. The Balaban J connectivity index is 1.62. The molecule has 3 rings (SSSR count). The molecule has 2 fully saturated rings. The minimum absolute atomic E-state index is 0.0200. The lowest BCUT2D eigenvalue weighted by Gasteiger charge is -2.44. The standard InChI is InChI=1S/C21H35N5O4S2/c1-15-4-6-16(7-5-15)26(17-8-11-25(12-9-17)21(30)24(2)3)20(29)23-19-22-14-32(31-19)13-10-18(27)28/h14-17H,4-13H2,1-3H3,(H,27,28)(H,22,23,29). The van der Waals surface area contributed by atoms with Crippen molar-refractivity contribution >= 4 is 49.0 Å². The first-order chi connectivity index (χ1) is 15.2. The molecule has 2 aliphatic heterocycles. The molecule has 180 valence electrons. The largest absolute Gasteiger partial charge is 0.481 e. The number of likely N-dealkylation sites (tertiary alicyclic amines) is 1. The highest BCUT2D eigenvalue weighted by molar-refractivity contribution is 8.89. The van der Waals surface area contributed by atoms with Gasteiger partial charge in [0, 0.05) is 45.0 Å². The van der Waals surface area contributed by atoms with Crippen molar-refractivity contribution in [3.63, 3.8) is 0 Å². The van der Waals surface area contributed by atoms with Crippen LogP contribution in [0.5, 0.6) is 0 Å². The summed E-state index contributed by atoms with van der Waals surface area (Å²) in [6.45, 7) is 3.57. The van der Waals surface area contributed by atoms with E-state index in [1.807, 2.05) is 9.80 Å². The van der Waals surface area contributed by atoms with Gasteiger partial charge in [-0.1, -0.05) is 6.92 Å². The van der Waals surface area contributed by atoms with E-state index in [-0.39, 0.29) is 40.1 Å². The Labute approximate surface area is 196 Å². The number of rotatable bonds is 5. The van der Waals surface area contributed by atoms with Gasteiger partial charge in [-0.15, -0.1) is 9.52 Å². The molecule has 2 N–H and O–H groups in total. The van der Waals surface area contributed by atoms with Crippen LogP contribution in [0.1, 0.15) is 51.9 Å². The summed E-state index contributed by atoms with van der Waals surface area (Å²) in [6.07, 6.45) is 5.88. The van der Waals surface area contributed by atoms with Gasteiger partial charge in [-0.2, -0.15) is 0 Å². The molecule has 0 aromatic carbocycles. The first-order valence-electron chi connectivity index (χ1n) is 11.3. The summed E-state index contributed by atoms with van der Waals surface area (Å²) in [7, 11) is 4.66. The summed E-state index contributed by atoms with van der Waals surface area (Å²) in [5.41, 5.74) is 1.75. The Kier molecular flexibility index (Phi) is 8.87. The number of amides is 4. The number of amidine groups is 1. The molecule has 1 atom stereocenters. The van der Waals surface area contributed by atoms with Crippen molar-refractivity contribution in [3.05, 3.63) is 0 Å². The van der Waals surface area contributed by atoms with Crippen molar-refractivity contribution in [1.82, 2.24) is 20.0 Å². The molecule has 32 heavy (non-hydrogen) atoms. The molecule has 3 aliphatic rings. The molecule has 2 heterocycles. The summed E-state index contributed by atoms with van der Waals surface area (Å²) in [6, 6.07) is 0.200. The highest BCUT2D eigenvalue weighted by Crippen LogP contribution is 2.36. The van der Waals surface area contributed by atoms with Crippen molar-refractivity contribution in [2.75, 3.05) is 32.9 Å². The summed E-state index contributed by atoms with van der Waals surface area (Å²) in [5.74, 6) is 0.392. The molecule has 11 heteroatoms. The number of hydrogen-bond donors (Lipinski definition) is 2. The van der Waals surface area contributed by atoms with Crippen LogP contribution in [0.15, 0.2) is 4.99 Å². The number of aliphatic imine (C=N–C) groups is 1. The summed E-state index contributed by atoms with van der Waals surface area (Å²) in [4.78, 5) is 46.3. The topological polar surface area (TPSA) is 106 Å². The van der Waals surface area contributed by atoms with Gasteiger partial charge in [-0.3, -0.25) is 10.1 Å². The van der Waals surface area contributed by atoms with Gasteiger partial charge in [0.1, 0.15) is 0 Å². The molecular formula is C21H35N5O4S2. The molecule has 9 nitrogen and oxygen atoms in total. The van der Waals surface area contributed by atoms with Crippen LogP contribution < -0.4 is 5.32 Å². The number of urea groups is 2. The van der Waals surface area contributed by atoms with Gasteiger partial charge >= 0.3 is 18.0 Å². The second-order valence-corrected chi connectivity index (χ2v) is 12.7. The average Bonchev–Trinajstić information content (AvgIpc) is 3.21. The Bertz CT molecular complexity index is 772. The van der Waals surface area contributed by atoms with E-state index >= 15 is 0 Å². The summed E-state index contributed by atoms with van der Waals surface area (Å²) >= 11 is 0. The maximum atomic E-state index is 13.4. The maximum absolute atomic E-state index is 13.4. The van der Waals surface area contributed by atoms with Gasteiger partial charge in [-0.05, 0) is 55.2 Å². The number of carbonyl (C=O) groups excluding carboxylic acids is 2. The lowest BCUT2D eigenvalue weighted by molar-refractivity contribution is -0.136. The van der Waals surface area contributed by atoms with Gasteiger partial charge in [-0.25, -0.2) is 14.6 Å². The van der Waals surface area contributed by atoms with Crippen molar-refractivity contribution in [2.24, 2.45) is 10.9 Å². The van der Waals surface area contributed by atoms with E-state index in [1.54, 1.807) is 24.5 Å². The second kappa shape index (κ2) is 11.4. The Morgan fingerprint density at radius 1 is 1.16 bits per heavy atom. The highest BCUT2D eigenvalue weighted by Gasteiger charge is 2.36. The van der Waals surface area contributed by atoms with Crippen molar-refractivity contribution in [3.8, 4) is 0 Å². The van der Waals surface area contributed by atoms with Crippen molar-refractivity contribution in [2.45, 2.75) is 64.0 Å². The van der Waals surface area contributed by atoms with Gasteiger partial charge < -0.3 is 19.8 Å². The van der Waals surface area contributed by atoms with Crippen LogP contribution in [-0.2, 0) is 4.79 Å². The van der Waals surface area contributed by atoms with Crippen molar-refractivity contribution < 1.29 is 19.5 Å². The van der Waals surface area contributed by atoms with E-state index in [2.05, 4.69) is 17.2 Å². The predicted octanol–water partition coefficient (Wildman–Crippen LogP) is 3.24. The zero-order valence-corrected chi connectivity index (χ0v) is 20.8. The number of carboxylic acids is 1. The SMILES string of the molecule is CC1CCC(N(C(=O)NC2=NC=S(CCC(=O)O)S2)C2CCN(C(=O)N(C)C)CC2)CC1. The van der Waals surface area contributed by atoms with Crippen LogP contribution in [0, 0.1) is 5.92 Å². The van der Waals surface area contributed by atoms with Crippen LogP contribution in [0.4, 0.5) is 9.59 Å². The normalized spacial score (nSPS) is 26.2. The fraction of sp³-hybridized carbons (Fsp3) is 0.762. The van der Waals surface area contributed by atoms with Gasteiger partial charge in [0.05, 0.1) is 11.9 Å². The molecule has 0 aromatic heterocycles. The summed E-state index contributed by atoms with van der Waals surface area (Å²) in [5, 5.41) is 12.4. The molecule has 0 radical (unpaired) electrons. The zero-order chi connectivity index (χ0) is 23.3. The maximum Gasteiger partial charge on any atom is 0.323 e. The smallest absolute Gasteiger partial charge is 0.323 e. The molecule has 1 saturated carbocycles. The summed E-state index contributed by atoms with van der Waals surface area (Å²) < 4.78 is 0. The minimum atomic E-state index is -0.819. The fourth-order valence-electron chi connectivity index (χ4n) is 4.51. The molecule has 0 aromatic rings. The Morgan fingerprint density at radius 2 is 1.78 bits per heavy atom. The van der Waals surface area contributed by atoms with Crippen LogP contribution in [-0.4, -0.2) is 93.5 Å². The number of nitrogens with zero attached hydrogens (tertiary/aromatic N) is 4. The molecule has 0 spiro atoms. The van der Waals surface area contributed by atoms with E-state index in [4.69, 9.17) is 5.11 Å². The van der Waals surface area contributed by atoms with E-state index in [0.717, 1.165) is 38.5 Å². The second-order valence-electron chi connectivity index (χ2n) is 9.00. The zero-order valence-electron chi connectivity index (χ0n) is 19.2. The van der Waals surface area contributed by atoms with Gasteiger partial charge in [0.25, 0.3) is 0 Å². The number of nitrogens with one attached hydrogen (secondary N) is 1. The molecule has 1 saturated heterocycles. The van der Waals surface area contributed by atoms with E-state index in [9.17, 15) is 14.4 Å². The average molecular weight is 486 g/mol. The number of hydrogen-bond acceptors (Lipinski definition) is 5. The molecule has 4 amide bonds. The van der Waals surface area contributed by atoms with Crippen LogP contribution in [0.25, 0.3) is 0 Å². The predicted molar refractivity (Wildman–Crippen MR) is 131 cm³/mol. The lowest BCUT2D eigenvalue weighted by atomic mass is 9.85. The first kappa shape index (κ1) is 24.9. The quantitative estimate of drug-likeness (QED) is 0.459. The molecule has 1 unspecified atom stereocenters. The van der Waals surface area contributed by atoms with Crippen LogP contribution in [0.3, 0.4) is 0 Å². The number of carboxylic acid groups (broad SMARTS) is 1. The van der Waals surface area contributed by atoms with E-state index in [1.165, 1.54) is 10.8 Å². The number of piperidine rings is 1. The van der Waals surface area contributed by atoms with E-state index < -0.39 is 5.97 Å². The molecule has 0 bridgehead atoms. The van der Waals surface area contributed by atoms with E-state index in [0.29, 0.717) is 29.9 Å². The van der Waals surface area contributed by atoms with Crippen LogP contribution in [0.2, 0.25) is 0 Å².